The van der Waals surface area contributed by atoms with Crippen LogP contribution in [0.1, 0.15) is 25.8 Å². The number of ether oxygens (including phenoxy) is 1. The standard InChI is InChI=1S/C23H37N3O2/c1-19(2)15-26-17-21(16-25-10-12-28-13-11-25)14-22(18-26)23(27)24-9-8-20-6-4-3-5-7-20/h3-7,19,21-22H,8-18H2,1-2H3,(H,24,27)/t21-,22-/m1/s1. The van der Waals surface area contributed by atoms with Crippen molar-refractivity contribution in [3.05, 3.63) is 35.9 Å². The maximum absolute atomic E-state index is 12.9. The average molecular weight is 388 g/mol. The molecule has 1 amide bonds. The first-order valence-electron chi connectivity index (χ1n) is 10.9. The first-order chi connectivity index (χ1) is 13.6. The second-order valence-electron chi connectivity index (χ2n) is 8.85. The number of carbonyl (C=O) groups is 1. The lowest BCUT2D eigenvalue weighted by Crippen LogP contribution is -2.51. The van der Waals surface area contributed by atoms with Gasteiger partial charge in [0.25, 0.3) is 0 Å². The number of nitrogens with one attached hydrogen (secondary N) is 1. The van der Waals surface area contributed by atoms with Crippen molar-refractivity contribution in [2.75, 3.05) is 59.0 Å². The maximum atomic E-state index is 12.9. The highest BCUT2D eigenvalue weighted by atomic mass is 16.5. The summed E-state index contributed by atoms with van der Waals surface area (Å²) >= 11 is 0. The fourth-order valence-corrected chi connectivity index (χ4v) is 4.56. The average Bonchev–Trinajstić information content (AvgIpc) is 2.69. The summed E-state index contributed by atoms with van der Waals surface area (Å²) in [5.74, 6) is 1.53. The van der Waals surface area contributed by atoms with Crippen molar-refractivity contribution >= 4 is 5.91 Å². The van der Waals surface area contributed by atoms with Gasteiger partial charge in [-0.1, -0.05) is 44.2 Å². The van der Waals surface area contributed by atoms with Crippen molar-refractivity contribution in [3.63, 3.8) is 0 Å². The minimum absolute atomic E-state index is 0.106. The van der Waals surface area contributed by atoms with Crippen molar-refractivity contribution in [2.45, 2.75) is 26.7 Å². The van der Waals surface area contributed by atoms with E-state index < -0.39 is 0 Å². The summed E-state index contributed by atoms with van der Waals surface area (Å²) in [4.78, 5) is 17.9. The van der Waals surface area contributed by atoms with E-state index in [1.165, 1.54) is 5.56 Å². The Kier molecular flexibility index (Phi) is 8.31. The number of carbonyl (C=O) groups excluding carboxylic acids is 1. The van der Waals surface area contributed by atoms with E-state index in [0.717, 1.165) is 71.9 Å². The van der Waals surface area contributed by atoms with Gasteiger partial charge in [0.15, 0.2) is 0 Å². The molecule has 5 nitrogen and oxygen atoms in total. The first-order valence-corrected chi connectivity index (χ1v) is 10.9. The van der Waals surface area contributed by atoms with Gasteiger partial charge in [0, 0.05) is 45.8 Å². The van der Waals surface area contributed by atoms with Gasteiger partial charge in [-0.25, -0.2) is 0 Å². The van der Waals surface area contributed by atoms with E-state index in [4.69, 9.17) is 4.74 Å². The fraction of sp³-hybridized carbons (Fsp3) is 0.696. The Morgan fingerprint density at radius 3 is 2.61 bits per heavy atom. The van der Waals surface area contributed by atoms with Crippen molar-refractivity contribution in [3.8, 4) is 0 Å². The van der Waals surface area contributed by atoms with Crippen LogP contribution >= 0.6 is 0 Å². The van der Waals surface area contributed by atoms with E-state index in [2.05, 4.69) is 53.2 Å². The minimum atomic E-state index is 0.106. The molecule has 1 aromatic carbocycles. The highest BCUT2D eigenvalue weighted by molar-refractivity contribution is 5.79. The van der Waals surface area contributed by atoms with E-state index in [-0.39, 0.29) is 11.8 Å². The predicted molar refractivity (Wildman–Crippen MR) is 113 cm³/mol. The molecular weight excluding hydrogens is 350 g/mol. The van der Waals surface area contributed by atoms with Crippen LogP contribution in [0, 0.1) is 17.8 Å². The van der Waals surface area contributed by atoms with Crippen LogP contribution in [-0.4, -0.2) is 74.7 Å². The number of amides is 1. The summed E-state index contributed by atoms with van der Waals surface area (Å²) < 4.78 is 5.49. The summed E-state index contributed by atoms with van der Waals surface area (Å²) in [6.07, 6.45) is 1.90. The molecule has 2 aliphatic heterocycles. The third kappa shape index (κ3) is 6.87. The molecule has 5 heteroatoms. The van der Waals surface area contributed by atoms with Gasteiger partial charge in [-0.2, -0.15) is 0 Å². The van der Waals surface area contributed by atoms with Crippen molar-refractivity contribution in [1.82, 2.24) is 15.1 Å². The normalized spacial score (nSPS) is 24.4. The minimum Gasteiger partial charge on any atom is -0.379 e. The fourth-order valence-electron chi connectivity index (χ4n) is 4.56. The molecular formula is C23H37N3O2. The number of benzene rings is 1. The number of hydrogen-bond acceptors (Lipinski definition) is 4. The molecule has 2 fully saturated rings. The number of morpholine rings is 1. The summed E-state index contributed by atoms with van der Waals surface area (Å²) in [6, 6.07) is 10.4. The molecule has 0 bridgehead atoms. The van der Waals surface area contributed by atoms with Crippen LogP contribution in [0.25, 0.3) is 0 Å². The van der Waals surface area contributed by atoms with E-state index >= 15 is 0 Å². The van der Waals surface area contributed by atoms with E-state index in [1.807, 2.05) is 6.07 Å². The highest BCUT2D eigenvalue weighted by Gasteiger charge is 2.32. The van der Waals surface area contributed by atoms with Gasteiger partial charge >= 0.3 is 0 Å². The third-order valence-corrected chi connectivity index (χ3v) is 5.78. The van der Waals surface area contributed by atoms with Crippen LogP contribution < -0.4 is 5.32 Å². The number of rotatable bonds is 8. The van der Waals surface area contributed by atoms with Gasteiger partial charge in [-0.3, -0.25) is 9.69 Å². The molecule has 28 heavy (non-hydrogen) atoms. The van der Waals surface area contributed by atoms with Crippen LogP contribution in [0.15, 0.2) is 30.3 Å². The second-order valence-corrected chi connectivity index (χ2v) is 8.85. The van der Waals surface area contributed by atoms with E-state index in [1.54, 1.807) is 0 Å². The zero-order chi connectivity index (χ0) is 19.8. The summed E-state index contributed by atoms with van der Waals surface area (Å²) in [5, 5.41) is 3.20. The van der Waals surface area contributed by atoms with Gasteiger partial charge in [-0.05, 0) is 30.2 Å². The number of likely N-dealkylation sites (tertiary alicyclic amines) is 1. The van der Waals surface area contributed by atoms with Crippen LogP contribution in [-0.2, 0) is 16.0 Å². The molecule has 0 unspecified atom stereocenters. The van der Waals surface area contributed by atoms with Gasteiger partial charge in [0.1, 0.15) is 0 Å². The molecule has 2 aliphatic rings. The Morgan fingerprint density at radius 1 is 1.14 bits per heavy atom. The van der Waals surface area contributed by atoms with Crippen LogP contribution in [0.4, 0.5) is 0 Å². The molecule has 2 atom stereocenters. The Labute approximate surface area is 170 Å². The predicted octanol–water partition coefficient (Wildman–Crippen LogP) is 2.27. The zero-order valence-corrected chi connectivity index (χ0v) is 17.6. The van der Waals surface area contributed by atoms with E-state index in [0.29, 0.717) is 11.8 Å². The van der Waals surface area contributed by atoms with Crippen LogP contribution in [0.5, 0.6) is 0 Å². The Bertz CT molecular complexity index is 587. The molecule has 2 heterocycles. The monoisotopic (exact) mass is 387 g/mol. The van der Waals surface area contributed by atoms with Crippen LogP contribution in [0.3, 0.4) is 0 Å². The Morgan fingerprint density at radius 2 is 1.89 bits per heavy atom. The lowest BCUT2D eigenvalue weighted by atomic mass is 9.87. The Balaban J connectivity index is 1.52. The number of piperidine rings is 1. The maximum Gasteiger partial charge on any atom is 0.224 e. The highest BCUT2D eigenvalue weighted by Crippen LogP contribution is 2.24. The third-order valence-electron chi connectivity index (χ3n) is 5.78. The zero-order valence-electron chi connectivity index (χ0n) is 17.6. The largest absolute Gasteiger partial charge is 0.379 e. The molecule has 3 rings (SSSR count). The van der Waals surface area contributed by atoms with Gasteiger partial charge in [0.2, 0.25) is 5.91 Å². The number of nitrogens with zero attached hydrogens (tertiary/aromatic N) is 2. The van der Waals surface area contributed by atoms with Crippen molar-refractivity contribution in [2.24, 2.45) is 17.8 Å². The molecule has 0 aliphatic carbocycles. The summed E-state index contributed by atoms with van der Waals surface area (Å²) in [5.41, 5.74) is 1.28. The lowest BCUT2D eigenvalue weighted by molar-refractivity contribution is -0.127. The van der Waals surface area contributed by atoms with Crippen molar-refractivity contribution in [1.29, 1.82) is 0 Å². The van der Waals surface area contributed by atoms with Crippen molar-refractivity contribution < 1.29 is 9.53 Å². The van der Waals surface area contributed by atoms with Crippen LogP contribution in [0.2, 0.25) is 0 Å². The smallest absolute Gasteiger partial charge is 0.224 e. The number of hydrogen-bond donors (Lipinski definition) is 1. The molecule has 0 aromatic heterocycles. The topological polar surface area (TPSA) is 44.8 Å². The molecule has 0 saturated carbocycles. The quantitative estimate of drug-likeness (QED) is 0.743. The molecule has 156 valence electrons. The molecule has 1 aromatic rings. The SMILES string of the molecule is CC(C)CN1C[C@@H](CN2CCOCC2)C[C@@H](C(=O)NCCc2ccccc2)C1. The van der Waals surface area contributed by atoms with E-state index in [9.17, 15) is 4.79 Å². The first kappa shape index (κ1) is 21.3. The van der Waals surface area contributed by atoms with Gasteiger partial charge < -0.3 is 15.0 Å². The molecule has 0 radical (unpaired) electrons. The van der Waals surface area contributed by atoms with Gasteiger partial charge in [0.05, 0.1) is 19.1 Å². The molecule has 0 spiro atoms. The summed E-state index contributed by atoms with van der Waals surface area (Å²) in [7, 11) is 0. The molecule has 1 N–H and O–H groups in total. The van der Waals surface area contributed by atoms with Gasteiger partial charge in [-0.15, -0.1) is 0 Å². The summed E-state index contributed by atoms with van der Waals surface area (Å²) in [6.45, 7) is 13.1. The molecule has 2 saturated heterocycles. The lowest BCUT2D eigenvalue weighted by Gasteiger charge is -2.40. The Hall–Kier alpha value is -1.43. The second kappa shape index (κ2) is 10.9.